The van der Waals surface area contributed by atoms with Gasteiger partial charge < -0.3 is 14.8 Å². The third kappa shape index (κ3) is 3.64. The molecule has 0 fully saturated rings. The number of benzene rings is 1. The van der Waals surface area contributed by atoms with E-state index in [0.717, 1.165) is 10.9 Å². The highest BCUT2D eigenvalue weighted by Crippen LogP contribution is 2.20. The van der Waals surface area contributed by atoms with E-state index in [-0.39, 0.29) is 18.6 Å². The monoisotopic (exact) mass is 275 g/mol. The van der Waals surface area contributed by atoms with E-state index in [1.54, 1.807) is 7.11 Å². The third-order valence-electron chi connectivity index (χ3n) is 2.67. The molecule has 0 saturated heterocycles. The van der Waals surface area contributed by atoms with Gasteiger partial charge in [0.2, 0.25) is 5.88 Å². The quantitative estimate of drug-likeness (QED) is 0.856. The number of fused-ring (bicyclic) bond motifs is 1. The lowest BCUT2D eigenvalue weighted by Gasteiger charge is -2.13. The summed E-state index contributed by atoms with van der Waals surface area (Å²) in [6, 6.07) is 7.43. The number of nitrogens with zero attached hydrogens (tertiary/aromatic N) is 2. The van der Waals surface area contributed by atoms with Gasteiger partial charge in [-0.2, -0.15) is 0 Å². The maximum Gasteiger partial charge on any atom is 0.258 e. The van der Waals surface area contributed by atoms with Crippen molar-refractivity contribution >= 4 is 16.8 Å². The minimum Gasteiger partial charge on any atom is -0.467 e. The second kappa shape index (κ2) is 6.81. The number of carbonyl (C=O) groups is 1. The van der Waals surface area contributed by atoms with E-state index >= 15 is 0 Å². The van der Waals surface area contributed by atoms with Gasteiger partial charge in [0.05, 0.1) is 17.5 Å². The summed E-state index contributed by atoms with van der Waals surface area (Å²) in [5, 5.41) is 3.55. The zero-order valence-electron chi connectivity index (χ0n) is 11.5. The fraction of sp³-hybridized carbons (Fsp3) is 0.357. The van der Waals surface area contributed by atoms with E-state index in [1.165, 1.54) is 6.33 Å². The van der Waals surface area contributed by atoms with Gasteiger partial charge in [-0.1, -0.05) is 12.1 Å². The van der Waals surface area contributed by atoms with Gasteiger partial charge in [0.25, 0.3) is 5.91 Å². The van der Waals surface area contributed by atoms with Gasteiger partial charge in [-0.05, 0) is 19.1 Å². The highest BCUT2D eigenvalue weighted by molar-refractivity contribution is 5.84. The average molecular weight is 275 g/mol. The summed E-state index contributed by atoms with van der Waals surface area (Å²) in [6.45, 7) is 2.23. The Morgan fingerprint density at radius 2 is 2.15 bits per heavy atom. The van der Waals surface area contributed by atoms with Crippen LogP contribution in [0.3, 0.4) is 0 Å². The molecule has 6 nitrogen and oxygen atoms in total. The second-order valence-corrected chi connectivity index (χ2v) is 4.41. The molecular weight excluding hydrogens is 258 g/mol. The van der Waals surface area contributed by atoms with Crippen LogP contribution in [-0.4, -0.2) is 42.2 Å². The molecule has 6 heteroatoms. The number of amides is 1. The Hall–Kier alpha value is -2.21. The van der Waals surface area contributed by atoms with E-state index < -0.39 is 0 Å². The fourth-order valence-corrected chi connectivity index (χ4v) is 1.84. The molecule has 2 aromatic rings. The molecule has 0 saturated carbocycles. The maximum absolute atomic E-state index is 11.7. The molecule has 0 aliphatic carbocycles. The van der Waals surface area contributed by atoms with Crippen molar-refractivity contribution < 1.29 is 14.3 Å². The molecular formula is C14H17N3O3. The highest BCUT2D eigenvalue weighted by atomic mass is 16.5. The molecule has 1 aromatic heterocycles. The molecule has 0 aliphatic heterocycles. The van der Waals surface area contributed by atoms with Crippen LogP contribution in [0.1, 0.15) is 6.92 Å². The topological polar surface area (TPSA) is 73.3 Å². The molecule has 2 rings (SSSR count). The van der Waals surface area contributed by atoms with Gasteiger partial charge >= 0.3 is 0 Å². The minimum absolute atomic E-state index is 0.0572. The van der Waals surface area contributed by atoms with Gasteiger partial charge in [-0.15, -0.1) is 0 Å². The van der Waals surface area contributed by atoms with Crippen LogP contribution in [0.2, 0.25) is 0 Å². The number of hydrogen-bond acceptors (Lipinski definition) is 5. The Balaban J connectivity index is 1.97. The smallest absolute Gasteiger partial charge is 0.258 e. The predicted molar refractivity (Wildman–Crippen MR) is 74.5 cm³/mol. The molecule has 1 unspecified atom stereocenters. The van der Waals surface area contributed by atoms with Crippen molar-refractivity contribution in [3.63, 3.8) is 0 Å². The van der Waals surface area contributed by atoms with Crippen molar-refractivity contribution in [2.24, 2.45) is 0 Å². The summed E-state index contributed by atoms with van der Waals surface area (Å²) < 4.78 is 10.4. The van der Waals surface area contributed by atoms with Crippen LogP contribution in [0, 0.1) is 0 Å². The fourth-order valence-electron chi connectivity index (χ4n) is 1.84. The predicted octanol–water partition coefficient (Wildman–Crippen LogP) is 1.16. The lowest BCUT2D eigenvalue weighted by Crippen LogP contribution is -2.38. The summed E-state index contributed by atoms with van der Waals surface area (Å²) in [5.74, 6) is 0.197. The number of aromatic nitrogens is 2. The molecule has 1 atom stereocenters. The van der Waals surface area contributed by atoms with Crippen molar-refractivity contribution in [3.8, 4) is 5.88 Å². The molecule has 20 heavy (non-hydrogen) atoms. The van der Waals surface area contributed by atoms with Crippen molar-refractivity contribution in [2.75, 3.05) is 20.3 Å². The van der Waals surface area contributed by atoms with Gasteiger partial charge in [-0.3, -0.25) is 4.79 Å². The first-order valence-electron chi connectivity index (χ1n) is 6.31. The largest absolute Gasteiger partial charge is 0.467 e. The average Bonchev–Trinajstić information content (AvgIpc) is 2.45. The van der Waals surface area contributed by atoms with Gasteiger partial charge in [-0.25, -0.2) is 9.97 Å². The molecule has 0 aliphatic rings. The minimum atomic E-state index is -0.211. The Morgan fingerprint density at radius 1 is 1.35 bits per heavy atom. The van der Waals surface area contributed by atoms with E-state index in [1.807, 2.05) is 31.2 Å². The van der Waals surface area contributed by atoms with Crippen LogP contribution < -0.4 is 10.1 Å². The standard InChI is InChI=1S/C14H17N3O3/c1-10(7-19-2)17-13(18)8-20-14-11-5-3-4-6-12(11)15-9-16-14/h3-6,9-10H,7-8H2,1-2H3,(H,17,18). The Morgan fingerprint density at radius 3 is 2.95 bits per heavy atom. The Labute approximate surface area is 117 Å². The first-order chi connectivity index (χ1) is 9.70. The van der Waals surface area contributed by atoms with Gasteiger partial charge in [0.1, 0.15) is 6.33 Å². The number of carbonyl (C=O) groups excluding carboxylic acids is 1. The highest BCUT2D eigenvalue weighted by Gasteiger charge is 2.10. The molecule has 0 radical (unpaired) electrons. The number of ether oxygens (including phenoxy) is 2. The van der Waals surface area contributed by atoms with Crippen LogP contribution in [0.15, 0.2) is 30.6 Å². The first kappa shape index (κ1) is 14.2. The lowest BCUT2D eigenvalue weighted by atomic mass is 10.2. The first-order valence-corrected chi connectivity index (χ1v) is 6.31. The van der Waals surface area contributed by atoms with E-state index in [2.05, 4.69) is 15.3 Å². The molecule has 1 amide bonds. The van der Waals surface area contributed by atoms with E-state index in [4.69, 9.17) is 9.47 Å². The van der Waals surface area contributed by atoms with Crippen molar-refractivity contribution in [3.05, 3.63) is 30.6 Å². The number of rotatable bonds is 6. The number of hydrogen-bond donors (Lipinski definition) is 1. The zero-order valence-corrected chi connectivity index (χ0v) is 11.5. The Bertz CT molecular complexity index is 583. The number of para-hydroxylation sites is 1. The van der Waals surface area contributed by atoms with Crippen molar-refractivity contribution in [1.29, 1.82) is 0 Å². The van der Waals surface area contributed by atoms with Crippen LogP contribution in [-0.2, 0) is 9.53 Å². The van der Waals surface area contributed by atoms with E-state index in [9.17, 15) is 4.79 Å². The molecule has 106 valence electrons. The lowest BCUT2D eigenvalue weighted by molar-refractivity contribution is -0.124. The van der Waals surface area contributed by atoms with Gasteiger partial charge in [0.15, 0.2) is 6.61 Å². The normalized spacial score (nSPS) is 12.1. The molecule has 1 heterocycles. The van der Waals surface area contributed by atoms with Crippen LogP contribution in [0.5, 0.6) is 5.88 Å². The van der Waals surface area contributed by atoms with E-state index in [0.29, 0.717) is 12.5 Å². The summed E-state index contributed by atoms with van der Waals surface area (Å²) in [6.07, 6.45) is 1.42. The molecule has 0 spiro atoms. The van der Waals surface area contributed by atoms with Crippen molar-refractivity contribution in [2.45, 2.75) is 13.0 Å². The summed E-state index contributed by atoms with van der Waals surface area (Å²) in [4.78, 5) is 19.9. The van der Waals surface area contributed by atoms with Crippen LogP contribution >= 0.6 is 0 Å². The van der Waals surface area contributed by atoms with Crippen LogP contribution in [0.25, 0.3) is 10.9 Å². The molecule has 1 N–H and O–H groups in total. The van der Waals surface area contributed by atoms with Crippen molar-refractivity contribution in [1.82, 2.24) is 15.3 Å². The summed E-state index contributed by atoms with van der Waals surface area (Å²) >= 11 is 0. The third-order valence-corrected chi connectivity index (χ3v) is 2.67. The maximum atomic E-state index is 11.7. The summed E-state index contributed by atoms with van der Waals surface area (Å²) in [7, 11) is 1.59. The summed E-state index contributed by atoms with van der Waals surface area (Å²) in [5.41, 5.74) is 0.783. The zero-order chi connectivity index (χ0) is 14.4. The SMILES string of the molecule is COCC(C)NC(=O)COc1ncnc2ccccc12. The van der Waals surface area contributed by atoms with Crippen LogP contribution in [0.4, 0.5) is 0 Å². The molecule has 0 bridgehead atoms. The molecule has 1 aromatic carbocycles. The second-order valence-electron chi connectivity index (χ2n) is 4.41. The van der Waals surface area contributed by atoms with Gasteiger partial charge in [0, 0.05) is 13.2 Å². The Kier molecular flexibility index (Phi) is 4.84. The number of methoxy groups -OCH3 is 1. The number of nitrogens with one attached hydrogen (secondary N) is 1.